The number of anilines is 2. The molecule has 11 nitrogen and oxygen atoms in total. The van der Waals surface area contributed by atoms with Gasteiger partial charge in [-0.05, 0) is 64.1 Å². The van der Waals surface area contributed by atoms with Crippen LogP contribution in [0.2, 0.25) is 0 Å². The van der Waals surface area contributed by atoms with Crippen LogP contribution in [0, 0.1) is 16.0 Å². The van der Waals surface area contributed by atoms with Gasteiger partial charge in [0.15, 0.2) is 0 Å². The van der Waals surface area contributed by atoms with Gasteiger partial charge in [-0.3, -0.25) is 19.8 Å². The molecule has 2 N–H and O–H groups in total. The maximum Gasteiger partial charge on any atom is 0.573 e. The number of benzene rings is 1. The summed E-state index contributed by atoms with van der Waals surface area (Å²) in [4.78, 5) is 36.1. The highest BCUT2D eigenvalue weighted by Crippen LogP contribution is 2.31. The number of para-hydroxylation sites is 1. The van der Waals surface area contributed by atoms with Gasteiger partial charge < -0.3 is 20.3 Å². The first kappa shape index (κ1) is 29.3. The first-order valence-corrected chi connectivity index (χ1v) is 13.3. The number of aromatic nitrogens is 2. The normalized spacial score (nSPS) is 21.6. The minimum absolute atomic E-state index is 0.0237. The van der Waals surface area contributed by atoms with Gasteiger partial charge in [-0.25, -0.2) is 4.98 Å². The minimum Gasteiger partial charge on any atom is -0.405 e. The van der Waals surface area contributed by atoms with E-state index in [-0.39, 0.29) is 59.2 Å². The van der Waals surface area contributed by atoms with Gasteiger partial charge in [0.25, 0.3) is 0 Å². The second kappa shape index (κ2) is 12.7. The number of carbonyl (C=O) groups is 1. The van der Waals surface area contributed by atoms with Crippen molar-refractivity contribution in [3.05, 3.63) is 46.1 Å². The van der Waals surface area contributed by atoms with E-state index >= 15 is 0 Å². The fraction of sp³-hybridized carbons (Fsp3) is 0.577. The SMILES string of the molecule is CN(C(=O)[C@@H]1CCCN1C)C1CCC(CNc2nc(NCc3ccccc3OC(F)(F)F)ncc2[N+](=O)[O-])CC1. The van der Waals surface area contributed by atoms with Gasteiger partial charge in [-0.1, -0.05) is 18.2 Å². The molecule has 1 saturated heterocycles. The van der Waals surface area contributed by atoms with Gasteiger partial charge in [-0.2, -0.15) is 4.98 Å². The Morgan fingerprint density at radius 3 is 2.58 bits per heavy atom. The molecular formula is C26H34F3N7O4. The van der Waals surface area contributed by atoms with E-state index in [9.17, 15) is 28.1 Å². The number of nitrogens with one attached hydrogen (secondary N) is 2. The molecule has 1 atom stereocenters. The Morgan fingerprint density at radius 1 is 1.20 bits per heavy atom. The van der Waals surface area contributed by atoms with Crippen LogP contribution >= 0.6 is 0 Å². The summed E-state index contributed by atoms with van der Waals surface area (Å²) in [7, 11) is 3.87. The Morgan fingerprint density at radius 2 is 1.93 bits per heavy atom. The molecule has 1 aliphatic carbocycles. The molecule has 2 heterocycles. The van der Waals surface area contributed by atoms with Crippen LogP contribution in [-0.4, -0.2) is 76.2 Å². The first-order chi connectivity index (χ1) is 19.0. The minimum atomic E-state index is -4.84. The third kappa shape index (κ3) is 7.49. The van der Waals surface area contributed by atoms with E-state index in [1.807, 2.05) is 19.0 Å². The molecule has 0 spiro atoms. The number of ether oxygens (including phenoxy) is 1. The second-order valence-corrected chi connectivity index (χ2v) is 10.3. The average molecular weight is 566 g/mol. The van der Waals surface area contributed by atoms with Gasteiger partial charge >= 0.3 is 12.0 Å². The zero-order chi connectivity index (χ0) is 28.9. The molecule has 1 saturated carbocycles. The highest BCUT2D eigenvalue weighted by molar-refractivity contribution is 5.82. The number of hydrogen-bond donors (Lipinski definition) is 2. The Kier molecular flexibility index (Phi) is 9.28. The third-order valence-corrected chi connectivity index (χ3v) is 7.68. The number of carbonyl (C=O) groups excluding carboxylic acids is 1. The monoisotopic (exact) mass is 565 g/mol. The molecule has 0 radical (unpaired) electrons. The van der Waals surface area contributed by atoms with E-state index in [0.717, 1.165) is 51.3 Å². The van der Waals surface area contributed by atoms with Gasteiger partial charge in [-0.15, -0.1) is 13.2 Å². The van der Waals surface area contributed by atoms with Crippen molar-refractivity contribution in [2.24, 2.45) is 5.92 Å². The van der Waals surface area contributed by atoms with E-state index in [1.54, 1.807) is 6.07 Å². The van der Waals surface area contributed by atoms with Gasteiger partial charge in [0, 0.05) is 31.7 Å². The fourth-order valence-corrected chi connectivity index (χ4v) is 5.39. The van der Waals surface area contributed by atoms with Crippen molar-refractivity contribution < 1.29 is 27.6 Å². The van der Waals surface area contributed by atoms with Crippen molar-refractivity contribution >= 4 is 23.4 Å². The van der Waals surface area contributed by atoms with Crippen LogP contribution in [0.4, 0.5) is 30.6 Å². The maximum atomic E-state index is 12.9. The van der Waals surface area contributed by atoms with Crippen molar-refractivity contribution in [1.82, 2.24) is 19.8 Å². The molecule has 4 rings (SSSR count). The lowest BCUT2D eigenvalue weighted by Gasteiger charge is -2.36. The molecule has 0 bridgehead atoms. The fourth-order valence-electron chi connectivity index (χ4n) is 5.39. The first-order valence-electron chi connectivity index (χ1n) is 13.3. The molecule has 2 fully saturated rings. The molecule has 1 aromatic carbocycles. The highest BCUT2D eigenvalue weighted by Gasteiger charge is 2.34. The molecule has 1 aromatic heterocycles. The number of amides is 1. The molecule has 0 unspecified atom stereocenters. The van der Waals surface area contributed by atoms with Gasteiger partial charge in [0.2, 0.25) is 17.7 Å². The number of alkyl halides is 3. The van der Waals surface area contributed by atoms with Crippen LogP contribution in [0.1, 0.15) is 44.1 Å². The van der Waals surface area contributed by atoms with Crippen LogP contribution < -0.4 is 15.4 Å². The summed E-state index contributed by atoms with van der Waals surface area (Å²) >= 11 is 0. The van der Waals surface area contributed by atoms with Crippen LogP contribution in [0.3, 0.4) is 0 Å². The smallest absolute Gasteiger partial charge is 0.405 e. The lowest BCUT2D eigenvalue weighted by Crippen LogP contribution is -2.48. The maximum absolute atomic E-state index is 12.9. The summed E-state index contributed by atoms with van der Waals surface area (Å²) in [5.74, 6) is 0.106. The summed E-state index contributed by atoms with van der Waals surface area (Å²) in [6.45, 7) is 1.31. The second-order valence-electron chi connectivity index (χ2n) is 10.3. The lowest BCUT2D eigenvalue weighted by atomic mass is 9.85. The average Bonchev–Trinajstić information content (AvgIpc) is 3.35. The van der Waals surface area contributed by atoms with Crippen molar-refractivity contribution in [2.75, 3.05) is 37.8 Å². The summed E-state index contributed by atoms with van der Waals surface area (Å²) in [6, 6.07) is 5.78. The number of likely N-dealkylation sites (N-methyl/N-ethyl adjacent to an activating group) is 2. The Bertz CT molecular complexity index is 1190. The van der Waals surface area contributed by atoms with Crippen LogP contribution in [-0.2, 0) is 11.3 Å². The number of nitro groups is 1. The van der Waals surface area contributed by atoms with Crippen LogP contribution in [0.15, 0.2) is 30.5 Å². The molecule has 218 valence electrons. The summed E-state index contributed by atoms with van der Waals surface area (Å²) < 4.78 is 42.2. The molecule has 14 heteroatoms. The standard InChI is InChI=1S/C26H34F3N7O4/c1-34-13-5-7-20(34)24(37)35(2)19-11-9-17(10-12-19)14-30-23-21(36(38)39)16-32-25(33-23)31-15-18-6-3-4-8-22(18)40-26(27,28)29/h3-4,6,8,16-17,19-20H,5,7,9-15H2,1-2H3,(H2,30,31,32,33)/t17?,19?,20-/m0/s1. The summed E-state index contributed by atoms with van der Waals surface area (Å²) in [6.07, 6.45) is 1.56. The van der Waals surface area contributed by atoms with Crippen molar-refractivity contribution in [3.63, 3.8) is 0 Å². The van der Waals surface area contributed by atoms with Crippen LogP contribution in [0.25, 0.3) is 0 Å². The predicted molar refractivity (Wildman–Crippen MR) is 142 cm³/mol. The molecule has 2 aliphatic rings. The lowest BCUT2D eigenvalue weighted by molar-refractivity contribution is -0.384. The van der Waals surface area contributed by atoms with Gasteiger partial charge in [0.1, 0.15) is 11.9 Å². The van der Waals surface area contributed by atoms with E-state index < -0.39 is 11.3 Å². The molecule has 2 aromatic rings. The number of nitrogens with zero attached hydrogens (tertiary/aromatic N) is 5. The van der Waals surface area contributed by atoms with E-state index in [4.69, 9.17) is 0 Å². The van der Waals surface area contributed by atoms with E-state index in [2.05, 4.69) is 30.2 Å². The zero-order valence-electron chi connectivity index (χ0n) is 22.5. The van der Waals surface area contributed by atoms with Crippen molar-refractivity contribution in [2.45, 2.75) is 63.5 Å². The number of rotatable bonds is 10. The Hall–Kier alpha value is -3.68. The zero-order valence-corrected chi connectivity index (χ0v) is 22.5. The Labute approximate surface area is 230 Å². The number of hydrogen-bond acceptors (Lipinski definition) is 9. The number of likely N-dealkylation sites (tertiary alicyclic amines) is 1. The largest absolute Gasteiger partial charge is 0.573 e. The topological polar surface area (TPSA) is 126 Å². The Balaban J connectivity index is 1.33. The molecule has 1 amide bonds. The van der Waals surface area contributed by atoms with Crippen LogP contribution in [0.5, 0.6) is 5.75 Å². The van der Waals surface area contributed by atoms with Crippen molar-refractivity contribution in [3.8, 4) is 5.75 Å². The van der Waals surface area contributed by atoms with Gasteiger partial charge in [0.05, 0.1) is 11.0 Å². The van der Waals surface area contributed by atoms with E-state index in [1.165, 1.54) is 18.2 Å². The summed E-state index contributed by atoms with van der Waals surface area (Å²) in [5.41, 5.74) is -0.0814. The third-order valence-electron chi connectivity index (χ3n) is 7.68. The van der Waals surface area contributed by atoms with Crippen molar-refractivity contribution in [1.29, 1.82) is 0 Å². The quantitative estimate of drug-likeness (QED) is 0.318. The molecule has 40 heavy (non-hydrogen) atoms. The molecular weight excluding hydrogens is 531 g/mol. The van der Waals surface area contributed by atoms with E-state index in [0.29, 0.717) is 6.54 Å². The molecule has 1 aliphatic heterocycles. The highest BCUT2D eigenvalue weighted by atomic mass is 19.4. The number of halogens is 3. The summed E-state index contributed by atoms with van der Waals surface area (Å²) in [5, 5.41) is 17.4. The predicted octanol–water partition coefficient (Wildman–Crippen LogP) is 4.42.